The van der Waals surface area contributed by atoms with Crippen molar-refractivity contribution in [3.63, 3.8) is 0 Å². The quantitative estimate of drug-likeness (QED) is 0.656. The second-order valence-electron chi connectivity index (χ2n) is 5.88. The first-order valence-electron chi connectivity index (χ1n) is 7.93. The summed E-state index contributed by atoms with van der Waals surface area (Å²) in [5.41, 5.74) is 1.01. The van der Waals surface area contributed by atoms with Crippen LogP contribution >= 0.6 is 34.3 Å². The molecule has 0 aromatic carbocycles. The minimum absolute atomic E-state index is 0.730. The fourth-order valence-electron chi connectivity index (χ4n) is 2.88. The summed E-state index contributed by atoms with van der Waals surface area (Å²) in [5.74, 6) is 0.730. The maximum Gasteiger partial charge on any atom is 0.236 e. The Balaban J connectivity index is 1.29. The number of hydrogen-bond acceptors (Lipinski definition) is 6. The highest BCUT2D eigenvalue weighted by Crippen LogP contribution is 2.25. The molecule has 0 N–H and O–H groups in total. The van der Waals surface area contributed by atoms with Crippen LogP contribution in [0.1, 0.15) is 10.6 Å². The summed E-state index contributed by atoms with van der Waals surface area (Å²) in [6, 6.07) is 8.16. The molecule has 126 valence electrons. The molecule has 0 radical (unpaired) electrons. The van der Waals surface area contributed by atoms with Gasteiger partial charge in [-0.05, 0) is 23.6 Å². The first-order chi connectivity index (χ1) is 11.8. The first-order valence-corrected chi connectivity index (χ1v) is 10.0. The Kier molecular flexibility index (Phi) is 5.01. The van der Waals surface area contributed by atoms with E-state index >= 15 is 0 Å². The van der Waals surface area contributed by atoms with Gasteiger partial charge in [0.2, 0.25) is 5.89 Å². The molecular formula is C17H18ClN3OS2. The van der Waals surface area contributed by atoms with Crippen LogP contribution in [0.15, 0.2) is 40.3 Å². The van der Waals surface area contributed by atoms with Crippen molar-refractivity contribution in [2.24, 2.45) is 0 Å². The fraction of sp³-hybridized carbons (Fsp3) is 0.353. The number of rotatable bonds is 5. The molecule has 0 spiro atoms. The molecule has 4 nitrogen and oxygen atoms in total. The predicted octanol–water partition coefficient (Wildman–Crippen LogP) is 4.44. The van der Waals surface area contributed by atoms with Crippen LogP contribution in [-0.4, -0.2) is 41.0 Å². The van der Waals surface area contributed by atoms with E-state index in [-0.39, 0.29) is 0 Å². The zero-order valence-corrected chi connectivity index (χ0v) is 15.5. The molecule has 1 aliphatic rings. The average molecular weight is 380 g/mol. The van der Waals surface area contributed by atoms with Gasteiger partial charge < -0.3 is 4.42 Å². The molecule has 1 aliphatic heterocycles. The van der Waals surface area contributed by atoms with E-state index in [9.17, 15) is 0 Å². The molecule has 3 aromatic rings. The molecular weight excluding hydrogens is 362 g/mol. The first kappa shape index (κ1) is 16.3. The van der Waals surface area contributed by atoms with E-state index in [1.165, 1.54) is 4.88 Å². The summed E-state index contributed by atoms with van der Waals surface area (Å²) in [5, 5.41) is 2.04. The largest absolute Gasteiger partial charge is 0.444 e. The number of hydrogen-bond donors (Lipinski definition) is 0. The lowest BCUT2D eigenvalue weighted by molar-refractivity contribution is 0.122. The lowest BCUT2D eigenvalue weighted by Gasteiger charge is -2.33. The van der Waals surface area contributed by atoms with Crippen molar-refractivity contribution in [1.29, 1.82) is 0 Å². The van der Waals surface area contributed by atoms with Gasteiger partial charge in [0.05, 0.1) is 14.9 Å². The molecule has 0 unspecified atom stereocenters. The molecule has 4 rings (SSSR count). The summed E-state index contributed by atoms with van der Waals surface area (Å²) in [6.45, 7) is 6.11. The third kappa shape index (κ3) is 3.90. The zero-order valence-electron chi connectivity index (χ0n) is 13.2. The van der Waals surface area contributed by atoms with Crippen LogP contribution in [0.3, 0.4) is 0 Å². The summed E-state index contributed by atoms with van der Waals surface area (Å²) >= 11 is 9.34. The second kappa shape index (κ2) is 7.37. The highest BCUT2D eigenvalue weighted by molar-refractivity contribution is 7.16. The van der Waals surface area contributed by atoms with Crippen molar-refractivity contribution in [2.75, 3.05) is 26.2 Å². The molecule has 7 heteroatoms. The van der Waals surface area contributed by atoms with Crippen molar-refractivity contribution in [3.05, 3.63) is 50.8 Å². The number of aromatic nitrogens is 1. The molecule has 24 heavy (non-hydrogen) atoms. The third-order valence-corrected chi connectivity index (χ3v) is 6.22. The number of oxazole rings is 1. The molecule has 3 aromatic heterocycles. The van der Waals surface area contributed by atoms with Crippen LogP contribution in [0.4, 0.5) is 0 Å². The van der Waals surface area contributed by atoms with E-state index in [2.05, 4.69) is 20.9 Å². The van der Waals surface area contributed by atoms with Gasteiger partial charge in [-0.25, -0.2) is 4.98 Å². The van der Waals surface area contributed by atoms with Crippen LogP contribution in [-0.2, 0) is 13.1 Å². The Morgan fingerprint density at radius 2 is 1.88 bits per heavy atom. The van der Waals surface area contributed by atoms with Gasteiger partial charge in [0, 0.05) is 44.1 Å². The summed E-state index contributed by atoms with van der Waals surface area (Å²) in [6.07, 6.45) is 1.79. The van der Waals surface area contributed by atoms with Gasteiger partial charge in [-0.1, -0.05) is 17.7 Å². The van der Waals surface area contributed by atoms with Crippen molar-refractivity contribution < 1.29 is 4.42 Å². The van der Waals surface area contributed by atoms with Crippen LogP contribution in [0.2, 0.25) is 4.34 Å². The number of thiophene rings is 2. The average Bonchev–Trinajstić information content (AvgIpc) is 3.31. The number of piperazine rings is 1. The lowest BCUT2D eigenvalue weighted by atomic mass is 10.3. The smallest absolute Gasteiger partial charge is 0.236 e. The van der Waals surface area contributed by atoms with E-state index in [4.69, 9.17) is 16.0 Å². The van der Waals surface area contributed by atoms with Crippen LogP contribution in [0, 0.1) is 0 Å². The maximum atomic E-state index is 6.01. The zero-order chi connectivity index (χ0) is 16.4. The van der Waals surface area contributed by atoms with Crippen molar-refractivity contribution >= 4 is 34.3 Å². The molecule has 0 atom stereocenters. The number of halogens is 1. The van der Waals surface area contributed by atoms with Crippen LogP contribution < -0.4 is 0 Å². The van der Waals surface area contributed by atoms with Crippen LogP contribution in [0.25, 0.3) is 10.8 Å². The summed E-state index contributed by atoms with van der Waals surface area (Å²) < 4.78 is 6.48. The molecule has 0 amide bonds. The Morgan fingerprint density at radius 1 is 1.08 bits per heavy atom. The SMILES string of the molecule is Clc1ccc(CN2CCN(Cc3coc(-c4cccs4)n3)CC2)s1. The Hall–Kier alpha value is -1.18. The Bertz CT molecular complexity index is 775. The van der Waals surface area contributed by atoms with Gasteiger partial charge in [-0.3, -0.25) is 9.80 Å². The molecule has 0 bridgehead atoms. The Morgan fingerprint density at radius 3 is 2.54 bits per heavy atom. The third-order valence-electron chi connectivity index (χ3n) is 4.14. The van der Waals surface area contributed by atoms with Gasteiger partial charge >= 0.3 is 0 Å². The second-order valence-corrected chi connectivity index (χ2v) is 8.63. The fourth-order valence-corrected chi connectivity index (χ4v) is 4.67. The molecule has 4 heterocycles. The number of nitrogens with zero attached hydrogens (tertiary/aromatic N) is 3. The van der Waals surface area contributed by atoms with E-state index in [0.717, 1.165) is 60.1 Å². The lowest BCUT2D eigenvalue weighted by Crippen LogP contribution is -2.45. The van der Waals surface area contributed by atoms with Crippen molar-refractivity contribution in [2.45, 2.75) is 13.1 Å². The summed E-state index contributed by atoms with van der Waals surface area (Å²) in [7, 11) is 0. The molecule has 0 aliphatic carbocycles. The van der Waals surface area contributed by atoms with E-state index < -0.39 is 0 Å². The highest BCUT2D eigenvalue weighted by atomic mass is 35.5. The topological polar surface area (TPSA) is 32.5 Å². The van der Waals surface area contributed by atoms with E-state index in [0.29, 0.717) is 0 Å². The van der Waals surface area contributed by atoms with E-state index in [1.807, 2.05) is 23.6 Å². The Labute approximate surface area is 154 Å². The van der Waals surface area contributed by atoms with Gasteiger partial charge in [-0.15, -0.1) is 22.7 Å². The van der Waals surface area contributed by atoms with Crippen molar-refractivity contribution in [3.8, 4) is 10.8 Å². The minimum Gasteiger partial charge on any atom is -0.444 e. The van der Waals surface area contributed by atoms with Gasteiger partial charge in [0.1, 0.15) is 6.26 Å². The van der Waals surface area contributed by atoms with E-state index in [1.54, 1.807) is 28.9 Å². The summed E-state index contributed by atoms with van der Waals surface area (Å²) in [4.78, 5) is 12.0. The minimum atomic E-state index is 0.730. The van der Waals surface area contributed by atoms with Crippen molar-refractivity contribution in [1.82, 2.24) is 14.8 Å². The molecule has 0 saturated carbocycles. The van der Waals surface area contributed by atoms with Crippen LogP contribution in [0.5, 0.6) is 0 Å². The molecule has 1 saturated heterocycles. The highest BCUT2D eigenvalue weighted by Gasteiger charge is 2.19. The van der Waals surface area contributed by atoms with Gasteiger partial charge in [0.25, 0.3) is 0 Å². The maximum absolute atomic E-state index is 6.01. The standard InChI is InChI=1S/C17H18ClN3OS2/c18-16-4-3-14(24-16)11-21-7-5-20(6-8-21)10-13-12-22-17(19-13)15-2-1-9-23-15/h1-4,9,12H,5-8,10-11H2. The normalized spacial score (nSPS) is 16.7. The van der Waals surface area contributed by atoms with Gasteiger partial charge in [0.15, 0.2) is 0 Å². The molecule has 1 fully saturated rings. The predicted molar refractivity (Wildman–Crippen MR) is 99.7 cm³/mol. The van der Waals surface area contributed by atoms with Gasteiger partial charge in [-0.2, -0.15) is 0 Å². The monoisotopic (exact) mass is 379 g/mol.